The van der Waals surface area contributed by atoms with Gasteiger partial charge in [-0.3, -0.25) is 4.79 Å². The van der Waals surface area contributed by atoms with Crippen LogP contribution >= 0.6 is 11.6 Å². The fourth-order valence-electron chi connectivity index (χ4n) is 3.33. The Morgan fingerprint density at radius 1 is 1.45 bits per heavy atom. The summed E-state index contributed by atoms with van der Waals surface area (Å²) in [6.45, 7) is 1.02. The van der Waals surface area contributed by atoms with Gasteiger partial charge in [0.1, 0.15) is 0 Å². The van der Waals surface area contributed by atoms with Gasteiger partial charge in [-0.05, 0) is 56.8 Å². The van der Waals surface area contributed by atoms with E-state index in [9.17, 15) is 4.79 Å². The summed E-state index contributed by atoms with van der Waals surface area (Å²) >= 11 is 5.93. The molecule has 1 aliphatic carbocycles. The number of carbonyl (C=O) groups excluding carboxylic acids is 1. The van der Waals surface area contributed by atoms with Crippen molar-refractivity contribution < 1.29 is 4.79 Å². The number of amides is 1. The molecule has 5 heteroatoms. The summed E-state index contributed by atoms with van der Waals surface area (Å²) in [6.07, 6.45) is 5.99. The maximum absolute atomic E-state index is 11.5. The predicted molar refractivity (Wildman–Crippen MR) is 81.2 cm³/mol. The zero-order valence-corrected chi connectivity index (χ0v) is 12.2. The highest BCUT2D eigenvalue weighted by molar-refractivity contribution is 6.31. The van der Waals surface area contributed by atoms with Gasteiger partial charge in [-0.25, -0.2) is 0 Å². The van der Waals surface area contributed by atoms with E-state index in [1.807, 2.05) is 6.07 Å². The average Bonchev–Trinajstić information content (AvgIpc) is 2.39. The van der Waals surface area contributed by atoms with E-state index < -0.39 is 5.91 Å². The Kier molecular flexibility index (Phi) is 3.61. The zero-order chi connectivity index (χ0) is 14.2. The Bertz CT molecular complexity index is 528. The third kappa shape index (κ3) is 2.63. The molecule has 20 heavy (non-hydrogen) atoms. The number of primary amides is 1. The first-order chi connectivity index (χ1) is 9.58. The number of benzene rings is 1. The van der Waals surface area contributed by atoms with Crippen molar-refractivity contribution in [2.24, 2.45) is 5.73 Å². The number of hydrogen-bond acceptors (Lipinski definition) is 3. The maximum atomic E-state index is 11.5. The maximum Gasteiger partial charge on any atom is 0.250 e. The number of carbonyl (C=O) groups is 1. The lowest BCUT2D eigenvalue weighted by Crippen LogP contribution is -2.58. The molecule has 1 aliphatic heterocycles. The SMILES string of the molecule is NC(=O)c1cc(Cl)ccc1NC1CCNC2(CCC2)C1. The molecule has 2 fully saturated rings. The van der Waals surface area contributed by atoms with Gasteiger partial charge in [-0.1, -0.05) is 11.6 Å². The van der Waals surface area contributed by atoms with Gasteiger partial charge in [0.15, 0.2) is 0 Å². The predicted octanol–water partition coefficient (Wildman–Crippen LogP) is 2.53. The molecule has 4 nitrogen and oxygen atoms in total. The van der Waals surface area contributed by atoms with Crippen molar-refractivity contribution in [3.63, 3.8) is 0 Å². The van der Waals surface area contributed by atoms with Crippen LogP contribution in [0.25, 0.3) is 0 Å². The number of anilines is 1. The lowest BCUT2D eigenvalue weighted by Gasteiger charge is -2.48. The molecule has 1 amide bonds. The van der Waals surface area contributed by atoms with Gasteiger partial charge in [-0.15, -0.1) is 0 Å². The standard InChI is InChI=1S/C15H20ClN3O/c16-10-2-3-13(12(8-10)14(17)20)19-11-4-7-18-15(9-11)5-1-6-15/h2-3,8,11,18-19H,1,4-7,9H2,(H2,17,20). The van der Waals surface area contributed by atoms with Crippen LogP contribution in [0.4, 0.5) is 5.69 Å². The average molecular weight is 294 g/mol. The molecule has 0 aromatic heterocycles. The highest BCUT2D eigenvalue weighted by Gasteiger charge is 2.40. The van der Waals surface area contributed by atoms with Gasteiger partial charge in [0.25, 0.3) is 5.91 Å². The molecule has 2 aliphatic rings. The molecule has 0 bridgehead atoms. The van der Waals surface area contributed by atoms with E-state index in [4.69, 9.17) is 17.3 Å². The molecule has 1 saturated carbocycles. The number of rotatable bonds is 3. The molecule has 1 atom stereocenters. The van der Waals surface area contributed by atoms with Gasteiger partial charge in [-0.2, -0.15) is 0 Å². The Labute approximate surface area is 124 Å². The molecule has 3 rings (SSSR count). The molecule has 1 aromatic rings. The Morgan fingerprint density at radius 3 is 2.90 bits per heavy atom. The summed E-state index contributed by atoms with van der Waals surface area (Å²) in [6, 6.07) is 5.65. The second-order valence-corrected chi connectivity index (χ2v) is 6.39. The monoisotopic (exact) mass is 293 g/mol. The van der Waals surface area contributed by atoms with E-state index in [0.29, 0.717) is 22.2 Å². The molecule has 108 valence electrons. The lowest BCUT2D eigenvalue weighted by molar-refractivity contribution is 0.100. The Balaban J connectivity index is 1.75. The molecule has 1 unspecified atom stereocenters. The Hall–Kier alpha value is -1.26. The van der Waals surface area contributed by atoms with Crippen molar-refractivity contribution in [1.82, 2.24) is 5.32 Å². The summed E-state index contributed by atoms with van der Waals surface area (Å²) in [5.41, 5.74) is 7.02. The summed E-state index contributed by atoms with van der Waals surface area (Å²) in [4.78, 5) is 11.5. The summed E-state index contributed by atoms with van der Waals surface area (Å²) in [5, 5.41) is 7.66. The minimum atomic E-state index is -0.442. The zero-order valence-electron chi connectivity index (χ0n) is 11.4. The highest BCUT2D eigenvalue weighted by atomic mass is 35.5. The van der Waals surface area contributed by atoms with Crippen LogP contribution in [0.2, 0.25) is 5.02 Å². The third-order valence-corrected chi connectivity index (χ3v) is 4.78. The quantitative estimate of drug-likeness (QED) is 0.802. The molecule has 1 aromatic carbocycles. The van der Waals surface area contributed by atoms with Gasteiger partial charge >= 0.3 is 0 Å². The van der Waals surface area contributed by atoms with Gasteiger partial charge < -0.3 is 16.4 Å². The summed E-state index contributed by atoms with van der Waals surface area (Å²) in [5.74, 6) is -0.442. The van der Waals surface area contributed by atoms with E-state index in [2.05, 4.69) is 10.6 Å². The lowest BCUT2D eigenvalue weighted by atomic mass is 9.70. The normalized spacial score (nSPS) is 24.1. The largest absolute Gasteiger partial charge is 0.382 e. The number of nitrogens with one attached hydrogen (secondary N) is 2. The first-order valence-electron chi connectivity index (χ1n) is 7.19. The number of piperidine rings is 1. The molecular weight excluding hydrogens is 274 g/mol. The van der Waals surface area contributed by atoms with Gasteiger partial charge in [0.2, 0.25) is 0 Å². The van der Waals surface area contributed by atoms with Crippen molar-refractivity contribution >= 4 is 23.2 Å². The van der Waals surface area contributed by atoms with Crippen LogP contribution < -0.4 is 16.4 Å². The van der Waals surface area contributed by atoms with Crippen LogP contribution in [0.1, 0.15) is 42.5 Å². The fourth-order valence-corrected chi connectivity index (χ4v) is 3.50. The molecule has 0 radical (unpaired) electrons. The van der Waals surface area contributed by atoms with Gasteiger partial charge in [0, 0.05) is 22.3 Å². The van der Waals surface area contributed by atoms with Crippen molar-refractivity contribution in [2.45, 2.75) is 43.7 Å². The molecular formula is C15H20ClN3O. The van der Waals surface area contributed by atoms with Crippen molar-refractivity contribution in [3.05, 3.63) is 28.8 Å². The summed E-state index contributed by atoms with van der Waals surface area (Å²) in [7, 11) is 0. The second-order valence-electron chi connectivity index (χ2n) is 5.95. The topological polar surface area (TPSA) is 67.2 Å². The fraction of sp³-hybridized carbons (Fsp3) is 0.533. The first kappa shape index (κ1) is 13.7. The Morgan fingerprint density at radius 2 is 2.25 bits per heavy atom. The van der Waals surface area contributed by atoms with Crippen molar-refractivity contribution in [3.8, 4) is 0 Å². The van der Waals surface area contributed by atoms with E-state index in [1.165, 1.54) is 19.3 Å². The second kappa shape index (κ2) is 5.26. The smallest absolute Gasteiger partial charge is 0.250 e. The molecule has 1 heterocycles. The molecule has 1 saturated heterocycles. The van der Waals surface area contributed by atoms with E-state index in [0.717, 1.165) is 25.1 Å². The minimum Gasteiger partial charge on any atom is -0.382 e. The van der Waals surface area contributed by atoms with Crippen LogP contribution in [0, 0.1) is 0 Å². The van der Waals surface area contributed by atoms with Crippen LogP contribution in [0.5, 0.6) is 0 Å². The summed E-state index contributed by atoms with van der Waals surface area (Å²) < 4.78 is 0. The van der Waals surface area contributed by atoms with Crippen LogP contribution in [-0.4, -0.2) is 24.0 Å². The van der Waals surface area contributed by atoms with Crippen LogP contribution in [0.3, 0.4) is 0 Å². The molecule has 4 N–H and O–H groups in total. The van der Waals surface area contributed by atoms with Crippen LogP contribution in [-0.2, 0) is 0 Å². The third-order valence-electron chi connectivity index (χ3n) is 4.55. The van der Waals surface area contributed by atoms with Gasteiger partial charge in [0.05, 0.1) is 5.56 Å². The van der Waals surface area contributed by atoms with Crippen molar-refractivity contribution in [2.75, 3.05) is 11.9 Å². The number of nitrogens with two attached hydrogens (primary N) is 1. The molecule has 1 spiro atoms. The van der Waals surface area contributed by atoms with E-state index in [1.54, 1.807) is 12.1 Å². The minimum absolute atomic E-state index is 0.329. The number of hydrogen-bond donors (Lipinski definition) is 3. The first-order valence-corrected chi connectivity index (χ1v) is 7.57. The van der Waals surface area contributed by atoms with E-state index >= 15 is 0 Å². The van der Waals surface area contributed by atoms with Crippen molar-refractivity contribution in [1.29, 1.82) is 0 Å². The van der Waals surface area contributed by atoms with E-state index in [-0.39, 0.29) is 0 Å². The highest BCUT2D eigenvalue weighted by Crippen LogP contribution is 2.39. The van der Waals surface area contributed by atoms with Crippen LogP contribution in [0.15, 0.2) is 18.2 Å². The number of halogens is 1.